The van der Waals surface area contributed by atoms with Gasteiger partial charge < -0.3 is 9.88 Å². The molecule has 0 aliphatic heterocycles. The van der Waals surface area contributed by atoms with E-state index < -0.39 is 0 Å². The summed E-state index contributed by atoms with van der Waals surface area (Å²) in [5, 5.41) is 13.1. The van der Waals surface area contributed by atoms with Gasteiger partial charge in [0.25, 0.3) is 5.91 Å². The molecule has 3 aromatic rings. The molecule has 0 bridgehead atoms. The Kier molecular flexibility index (Phi) is 4.75. The minimum absolute atomic E-state index is 0.0234. The largest absolute Gasteiger partial charge is 0.349 e. The Morgan fingerprint density at radius 3 is 2.67 bits per heavy atom. The number of amides is 1. The molecular weight excluding hydrogens is 396 g/mol. The van der Waals surface area contributed by atoms with Crippen LogP contribution < -0.4 is 5.32 Å². The van der Waals surface area contributed by atoms with Gasteiger partial charge in [-0.1, -0.05) is 18.5 Å². The Bertz CT molecular complexity index is 1130. The maximum absolute atomic E-state index is 12.6. The van der Waals surface area contributed by atoms with Crippen molar-refractivity contribution in [3.05, 3.63) is 64.9 Å². The number of benzene rings is 2. The highest BCUT2D eigenvalue weighted by Crippen LogP contribution is 2.62. The van der Waals surface area contributed by atoms with E-state index in [9.17, 15) is 10.1 Å². The molecule has 152 valence electrons. The average Bonchev–Trinajstić information content (AvgIpc) is 3.09. The first-order valence-electron chi connectivity index (χ1n) is 10.5. The molecule has 1 N–H and O–H groups in total. The van der Waals surface area contributed by atoms with Crippen molar-refractivity contribution >= 4 is 28.5 Å². The zero-order chi connectivity index (χ0) is 20.8. The topological polar surface area (TPSA) is 70.7 Å². The lowest BCUT2D eigenvalue weighted by atomic mass is 9.98. The van der Waals surface area contributed by atoms with Gasteiger partial charge in [-0.3, -0.25) is 4.79 Å². The minimum Gasteiger partial charge on any atom is -0.349 e. The van der Waals surface area contributed by atoms with Crippen LogP contribution in [0.15, 0.2) is 48.8 Å². The van der Waals surface area contributed by atoms with E-state index in [1.54, 1.807) is 24.3 Å². The molecular formula is C24H23ClN4O. The molecule has 30 heavy (non-hydrogen) atoms. The van der Waals surface area contributed by atoms with Crippen LogP contribution in [0, 0.1) is 29.1 Å². The molecule has 1 heterocycles. The molecule has 0 radical (unpaired) electrons. The SMILES string of the molecule is CC[C@@H](NC(=O)c1ccc(Cl)cc1)C1[C@H]2CC(n3cnc4ccc(C#N)cc43)C[C@@H]12. The molecule has 6 heteroatoms. The first kappa shape index (κ1) is 19.1. The number of hydrogen-bond donors (Lipinski definition) is 1. The van der Waals surface area contributed by atoms with E-state index in [1.807, 2.05) is 24.5 Å². The van der Waals surface area contributed by atoms with Crippen LogP contribution in [0.5, 0.6) is 0 Å². The fraction of sp³-hybridized carbons (Fsp3) is 0.375. The standard InChI is InChI=1S/C24H23ClN4O/c1-2-20(28-24(30)15-4-6-16(25)7-5-15)23-18-10-17(11-19(18)23)29-13-27-21-8-3-14(12-26)9-22(21)29/h3-9,13,17-20,23H,2,10-11H2,1H3,(H,28,30)/t17?,18-,19+,20-,23?/m1/s1. The summed E-state index contributed by atoms with van der Waals surface area (Å²) < 4.78 is 2.24. The van der Waals surface area contributed by atoms with Crippen molar-refractivity contribution in [3.8, 4) is 6.07 Å². The number of hydrogen-bond acceptors (Lipinski definition) is 3. The monoisotopic (exact) mass is 418 g/mol. The molecule has 2 fully saturated rings. The zero-order valence-electron chi connectivity index (χ0n) is 16.8. The molecule has 2 aromatic carbocycles. The van der Waals surface area contributed by atoms with E-state index >= 15 is 0 Å². The van der Waals surface area contributed by atoms with E-state index in [0.29, 0.717) is 39.9 Å². The van der Waals surface area contributed by atoms with Crippen molar-refractivity contribution in [3.63, 3.8) is 0 Å². The van der Waals surface area contributed by atoms with E-state index in [2.05, 4.69) is 27.9 Å². The molecule has 0 spiro atoms. The molecule has 2 saturated carbocycles. The third-order valence-electron chi connectivity index (χ3n) is 6.91. The maximum atomic E-state index is 12.6. The van der Waals surface area contributed by atoms with Crippen molar-refractivity contribution in [1.82, 2.24) is 14.9 Å². The Labute approximate surface area is 180 Å². The minimum atomic E-state index is -0.0234. The van der Waals surface area contributed by atoms with Crippen molar-refractivity contribution < 1.29 is 4.79 Å². The molecule has 2 aliphatic carbocycles. The lowest BCUT2D eigenvalue weighted by Gasteiger charge is -2.22. The Morgan fingerprint density at radius 2 is 2.00 bits per heavy atom. The number of nitriles is 1. The maximum Gasteiger partial charge on any atom is 0.251 e. The van der Waals surface area contributed by atoms with Crippen LogP contribution in [-0.4, -0.2) is 21.5 Å². The molecule has 0 saturated heterocycles. The molecule has 2 aliphatic rings. The van der Waals surface area contributed by atoms with Gasteiger partial charge in [0.15, 0.2) is 0 Å². The highest BCUT2D eigenvalue weighted by Gasteiger charge is 2.59. The van der Waals surface area contributed by atoms with E-state index in [-0.39, 0.29) is 11.9 Å². The smallest absolute Gasteiger partial charge is 0.251 e. The summed E-state index contributed by atoms with van der Waals surface area (Å²) in [7, 11) is 0. The quantitative estimate of drug-likeness (QED) is 0.636. The number of halogens is 1. The Morgan fingerprint density at radius 1 is 1.27 bits per heavy atom. The number of aromatic nitrogens is 2. The first-order chi connectivity index (χ1) is 14.6. The van der Waals surface area contributed by atoms with E-state index in [0.717, 1.165) is 30.3 Å². The number of carbonyl (C=O) groups excluding carboxylic acids is 1. The van der Waals surface area contributed by atoms with Gasteiger partial charge in [0, 0.05) is 22.7 Å². The molecule has 5 atom stereocenters. The van der Waals surface area contributed by atoms with Gasteiger partial charge in [0.1, 0.15) is 0 Å². The lowest BCUT2D eigenvalue weighted by molar-refractivity contribution is 0.0927. The molecule has 5 rings (SSSR count). The molecule has 2 unspecified atom stereocenters. The van der Waals surface area contributed by atoms with Crippen LogP contribution in [0.3, 0.4) is 0 Å². The lowest BCUT2D eigenvalue weighted by Crippen LogP contribution is -2.37. The summed E-state index contributed by atoms with van der Waals surface area (Å²) in [4.78, 5) is 17.2. The summed E-state index contributed by atoms with van der Waals surface area (Å²) in [6.45, 7) is 2.14. The fourth-order valence-electron chi connectivity index (χ4n) is 5.40. The Hall–Kier alpha value is -2.84. The second kappa shape index (κ2) is 7.45. The van der Waals surface area contributed by atoms with Gasteiger partial charge in [-0.05, 0) is 79.5 Å². The van der Waals surface area contributed by atoms with Crippen LogP contribution in [0.4, 0.5) is 0 Å². The number of nitrogens with zero attached hydrogens (tertiary/aromatic N) is 3. The van der Waals surface area contributed by atoms with Gasteiger partial charge in [-0.2, -0.15) is 5.26 Å². The summed E-state index contributed by atoms with van der Waals surface area (Å²) in [5.74, 6) is 1.81. The van der Waals surface area contributed by atoms with Crippen LogP contribution in [-0.2, 0) is 0 Å². The van der Waals surface area contributed by atoms with Crippen molar-refractivity contribution in [2.24, 2.45) is 17.8 Å². The van der Waals surface area contributed by atoms with Gasteiger partial charge in [-0.25, -0.2) is 4.98 Å². The molecule has 1 aromatic heterocycles. The van der Waals surface area contributed by atoms with Crippen LogP contribution in [0.2, 0.25) is 5.02 Å². The van der Waals surface area contributed by atoms with Gasteiger partial charge >= 0.3 is 0 Å². The van der Waals surface area contributed by atoms with Crippen LogP contribution >= 0.6 is 11.6 Å². The highest BCUT2D eigenvalue weighted by atomic mass is 35.5. The summed E-state index contributed by atoms with van der Waals surface area (Å²) in [6, 6.07) is 15.6. The third kappa shape index (κ3) is 3.26. The Balaban J connectivity index is 1.26. The predicted octanol–water partition coefficient (Wildman–Crippen LogP) is 4.97. The number of nitrogens with one attached hydrogen (secondary N) is 1. The van der Waals surface area contributed by atoms with Crippen molar-refractivity contribution in [2.75, 3.05) is 0 Å². The number of fused-ring (bicyclic) bond motifs is 2. The van der Waals surface area contributed by atoms with Gasteiger partial charge in [0.05, 0.1) is 29.0 Å². The predicted molar refractivity (Wildman–Crippen MR) is 116 cm³/mol. The molecule has 1 amide bonds. The van der Waals surface area contributed by atoms with Gasteiger partial charge in [-0.15, -0.1) is 0 Å². The number of carbonyl (C=O) groups is 1. The summed E-state index contributed by atoms with van der Waals surface area (Å²) in [6.07, 6.45) is 5.05. The summed E-state index contributed by atoms with van der Waals surface area (Å²) in [5.41, 5.74) is 3.30. The van der Waals surface area contributed by atoms with Crippen LogP contribution in [0.1, 0.15) is 48.1 Å². The van der Waals surface area contributed by atoms with Crippen molar-refractivity contribution in [1.29, 1.82) is 5.26 Å². The van der Waals surface area contributed by atoms with E-state index in [4.69, 9.17) is 11.6 Å². The second-order valence-corrected chi connectivity index (χ2v) is 8.93. The molecule has 5 nitrogen and oxygen atoms in total. The third-order valence-corrected chi connectivity index (χ3v) is 7.16. The highest BCUT2D eigenvalue weighted by molar-refractivity contribution is 6.30. The first-order valence-corrected chi connectivity index (χ1v) is 10.9. The number of rotatable bonds is 5. The van der Waals surface area contributed by atoms with E-state index in [1.165, 1.54) is 0 Å². The zero-order valence-corrected chi connectivity index (χ0v) is 17.5. The normalized spacial score (nSPS) is 25.5. The second-order valence-electron chi connectivity index (χ2n) is 8.49. The summed E-state index contributed by atoms with van der Waals surface area (Å²) >= 11 is 5.93. The fourth-order valence-corrected chi connectivity index (χ4v) is 5.52. The van der Waals surface area contributed by atoms with Crippen molar-refractivity contribution in [2.45, 2.75) is 38.3 Å². The number of imidazole rings is 1. The average molecular weight is 419 g/mol. The van der Waals surface area contributed by atoms with Crippen LogP contribution in [0.25, 0.3) is 11.0 Å². The van der Waals surface area contributed by atoms with Gasteiger partial charge in [0.2, 0.25) is 0 Å².